The van der Waals surface area contributed by atoms with Crippen molar-refractivity contribution < 1.29 is 31.5 Å². The van der Waals surface area contributed by atoms with Crippen LogP contribution in [0.5, 0.6) is 0 Å². The molecule has 144 valence electrons. The van der Waals surface area contributed by atoms with E-state index in [1.807, 2.05) is 6.92 Å². The van der Waals surface area contributed by atoms with E-state index in [9.17, 15) is 26.7 Å². The molecule has 0 saturated carbocycles. The zero-order chi connectivity index (χ0) is 19.1. The van der Waals surface area contributed by atoms with E-state index in [1.54, 1.807) is 0 Å². The molecule has 1 amide bonds. The Bertz CT molecular complexity index is 690. The predicted molar refractivity (Wildman–Crippen MR) is 82.1 cm³/mol. The summed E-state index contributed by atoms with van der Waals surface area (Å²) in [6.07, 6.45) is -4.39. The van der Waals surface area contributed by atoms with Gasteiger partial charge in [0.05, 0.1) is 30.9 Å². The van der Waals surface area contributed by atoms with Crippen LogP contribution in [0.2, 0.25) is 0 Å². The van der Waals surface area contributed by atoms with Gasteiger partial charge in [0.15, 0.2) is 0 Å². The Hall–Kier alpha value is -1.74. The second-order valence-corrected chi connectivity index (χ2v) is 6.94. The Morgan fingerprint density at radius 3 is 2.46 bits per heavy atom. The fourth-order valence-corrected chi connectivity index (χ4v) is 3.28. The van der Waals surface area contributed by atoms with E-state index in [-0.39, 0.29) is 36.7 Å². The molecule has 4 nitrogen and oxygen atoms in total. The number of benzene rings is 1. The maximum absolute atomic E-state index is 14.3. The van der Waals surface area contributed by atoms with Gasteiger partial charge in [-0.1, -0.05) is 6.92 Å². The molecule has 2 heterocycles. The number of ether oxygens (including phenoxy) is 1. The maximum atomic E-state index is 14.3. The van der Waals surface area contributed by atoms with Crippen LogP contribution in [0.1, 0.15) is 30.5 Å². The van der Waals surface area contributed by atoms with Gasteiger partial charge in [-0.3, -0.25) is 4.79 Å². The molecule has 26 heavy (non-hydrogen) atoms. The first kappa shape index (κ1) is 19.0. The summed E-state index contributed by atoms with van der Waals surface area (Å²) < 4.78 is 71.5. The summed E-state index contributed by atoms with van der Waals surface area (Å²) in [6, 6.07) is -0.757. The van der Waals surface area contributed by atoms with E-state index in [1.165, 1.54) is 0 Å². The van der Waals surface area contributed by atoms with Gasteiger partial charge in [-0.05, 0) is 31.0 Å². The zero-order valence-electron chi connectivity index (χ0n) is 14.0. The number of hydrogen-bond donors (Lipinski definition) is 2. The number of rotatable bonds is 4. The molecule has 3 atom stereocenters. The van der Waals surface area contributed by atoms with Crippen molar-refractivity contribution >= 4 is 5.91 Å². The Kier molecular flexibility index (Phi) is 5.21. The van der Waals surface area contributed by atoms with Crippen molar-refractivity contribution in [1.29, 1.82) is 0 Å². The van der Waals surface area contributed by atoms with Crippen molar-refractivity contribution in [3.63, 3.8) is 0 Å². The number of carbonyl (C=O) groups excluding carboxylic acids is 1. The van der Waals surface area contributed by atoms with Crippen LogP contribution in [-0.2, 0) is 15.7 Å². The van der Waals surface area contributed by atoms with Crippen LogP contribution in [0.4, 0.5) is 22.0 Å². The van der Waals surface area contributed by atoms with Crippen molar-refractivity contribution in [1.82, 2.24) is 10.6 Å². The van der Waals surface area contributed by atoms with E-state index in [0.29, 0.717) is 24.9 Å². The Morgan fingerprint density at radius 1 is 1.27 bits per heavy atom. The molecule has 3 rings (SSSR count). The Labute approximate surface area is 147 Å². The van der Waals surface area contributed by atoms with E-state index in [4.69, 9.17) is 4.74 Å². The fourth-order valence-electron chi connectivity index (χ4n) is 3.28. The van der Waals surface area contributed by atoms with Crippen LogP contribution in [-0.4, -0.2) is 31.7 Å². The largest absolute Gasteiger partial charge is 0.419 e. The summed E-state index contributed by atoms with van der Waals surface area (Å²) in [5.74, 6) is -3.18. The SMILES string of the molecule is C[C@H]1CN[C@@H](C(=O)N[C@@H](c2cc(F)c(C(F)(F)F)cc2F)C2COC2)C1. The minimum Gasteiger partial charge on any atom is -0.381 e. The first-order valence-electron chi connectivity index (χ1n) is 8.34. The summed E-state index contributed by atoms with van der Waals surface area (Å²) >= 11 is 0. The minimum absolute atomic E-state index is 0.138. The van der Waals surface area contributed by atoms with E-state index in [2.05, 4.69) is 10.6 Å². The molecule has 0 bridgehead atoms. The van der Waals surface area contributed by atoms with Gasteiger partial charge < -0.3 is 15.4 Å². The van der Waals surface area contributed by atoms with Crippen LogP contribution in [0.3, 0.4) is 0 Å². The molecule has 0 aromatic heterocycles. The van der Waals surface area contributed by atoms with Crippen molar-refractivity contribution in [2.45, 2.75) is 31.6 Å². The van der Waals surface area contributed by atoms with Gasteiger partial charge in [0.25, 0.3) is 0 Å². The van der Waals surface area contributed by atoms with Crippen molar-refractivity contribution in [2.75, 3.05) is 19.8 Å². The minimum atomic E-state index is -4.99. The smallest absolute Gasteiger partial charge is 0.381 e. The molecular weight excluding hydrogens is 359 g/mol. The van der Waals surface area contributed by atoms with Crippen molar-refractivity contribution in [3.05, 3.63) is 34.9 Å². The highest BCUT2D eigenvalue weighted by atomic mass is 19.4. The lowest BCUT2D eigenvalue weighted by Crippen LogP contribution is -2.48. The quantitative estimate of drug-likeness (QED) is 0.793. The topological polar surface area (TPSA) is 50.4 Å². The van der Waals surface area contributed by atoms with Gasteiger partial charge in [0, 0.05) is 11.5 Å². The van der Waals surface area contributed by atoms with E-state index < -0.39 is 35.5 Å². The molecule has 0 unspecified atom stereocenters. The lowest BCUT2D eigenvalue weighted by atomic mass is 9.90. The highest BCUT2D eigenvalue weighted by molar-refractivity contribution is 5.82. The molecule has 0 radical (unpaired) electrons. The van der Waals surface area contributed by atoms with E-state index in [0.717, 1.165) is 0 Å². The van der Waals surface area contributed by atoms with Gasteiger partial charge in [-0.2, -0.15) is 13.2 Å². The maximum Gasteiger partial charge on any atom is 0.419 e. The van der Waals surface area contributed by atoms with Crippen LogP contribution in [0.25, 0.3) is 0 Å². The summed E-state index contributed by atoms with van der Waals surface area (Å²) in [5.41, 5.74) is -1.97. The van der Waals surface area contributed by atoms with Gasteiger partial charge in [-0.25, -0.2) is 8.78 Å². The van der Waals surface area contributed by atoms with Crippen LogP contribution >= 0.6 is 0 Å². The van der Waals surface area contributed by atoms with Crippen LogP contribution in [0, 0.1) is 23.5 Å². The molecule has 2 aliphatic heterocycles. The highest BCUT2D eigenvalue weighted by Gasteiger charge is 2.39. The molecule has 2 fully saturated rings. The number of alkyl halides is 3. The molecule has 2 saturated heterocycles. The number of halogens is 5. The number of amides is 1. The average Bonchev–Trinajstić information content (AvgIpc) is 2.92. The lowest BCUT2D eigenvalue weighted by Gasteiger charge is -2.35. The van der Waals surface area contributed by atoms with E-state index >= 15 is 0 Å². The summed E-state index contributed by atoms with van der Waals surface area (Å²) in [5, 5.41) is 5.69. The number of carbonyl (C=O) groups is 1. The number of nitrogens with one attached hydrogen (secondary N) is 2. The first-order chi connectivity index (χ1) is 12.2. The van der Waals surface area contributed by atoms with Gasteiger partial charge in [0.2, 0.25) is 5.91 Å². The Morgan fingerprint density at radius 2 is 1.96 bits per heavy atom. The second kappa shape index (κ2) is 7.11. The lowest BCUT2D eigenvalue weighted by molar-refractivity contribution is -0.140. The predicted octanol–water partition coefficient (Wildman–Crippen LogP) is 2.79. The van der Waals surface area contributed by atoms with Crippen molar-refractivity contribution in [3.8, 4) is 0 Å². The number of hydrogen-bond acceptors (Lipinski definition) is 3. The third-order valence-electron chi connectivity index (χ3n) is 4.83. The fraction of sp³-hybridized carbons (Fsp3) is 0.588. The van der Waals surface area contributed by atoms with Gasteiger partial charge in [0.1, 0.15) is 11.6 Å². The molecular formula is C17H19F5N2O2. The molecule has 0 aliphatic carbocycles. The highest BCUT2D eigenvalue weighted by Crippen LogP contribution is 2.36. The molecule has 1 aromatic carbocycles. The third kappa shape index (κ3) is 3.83. The molecule has 1 aromatic rings. The van der Waals surface area contributed by atoms with Gasteiger partial charge in [-0.15, -0.1) is 0 Å². The normalized spacial score (nSPS) is 25.0. The zero-order valence-corrected chi connectivity index (χ0v) is 14.0. The van der Waals surface area contributed by atoms with Crippen LogP contribution < -0.4 is 10.6 Å². The summed E-state index contributed by atoms with van der Waals surface area (Å²) in [6.45, 7) is 3.06. The monoisotopic (exact) mass is 378 g/mol. The average molecular weight is 378 g/mol. The molecule has 2 N–H and O–H groups in total. The molecule has 0 spiro atoms. The second-order valence-electron chi connectivity index (χ2n) is 6.94. The first-order valence-corrected chi connectivity index (χ1v) is 8.34. The third-order valence-corrected chi connectivity index (χ3v) is 4.83. The summed E-state index contributed by atoms with van der Waals surface area (Å²) in [4.78, 5) is 12.4. The Balaban J connectivity index is 1.86. The standard InChI is InChI=1S/C17H19F5N2O2/c1-8-2-14(23-5-8)16(25)24-15(9-6-26-7-9)10-3-13(19)11(4-12(10)18)17(20,21)22/h3-4,8-9,14-15,23H,2,5-7H2,1H3,(H,24,25)/t8-,14-,15-/m1/s1. The van der Waals surface area contributed by atoms with Crippen LogP contribution in [0.15, 0.2) is 12.1 Å². The molecule has 9 heteroatoms. The van der Waals surface area contributed by atoms with Crippen molar-refractivity contribution in [2.24, 2.45) is 11.8 Å². The van der Waals surface area contributed by atoms with Gasteiger partial charge >= 0.3 is 6.18 Å². The molecule has 2 aliphatic rings. The summed E-state index contributed by atoms with van der Waals surface area (Å²) in [7, 11) is 0.